The summed E-state index contributed by atoms with van der Waals surface area (Å²) in [5.41, 5.74) is 0.614. The zero-order chi connectivity index (χ0) is 12.5. The first-order chi connectivity index (χ1) is 8.74. The fraction of sp³-hybridized carbons (Fsp3) is 0. The standard InChI is InChI=1S/C10H5Cl2N5S/c11-7-3-14-8(4-13-7)18-6-1-2-17-5-15-16-10(17)9(6)12/h1-5H. The predicted octanol–water partition coefficient (Wildman–Crippen LogP) is 2.98. The smallest absolute Gasteiger partial charge is 0.180 e. The number of nitrogens with zero attached hydrogens (tertiary/aromatic N) is 5. The second-order valence-corrected chi connectivity index (χ2v) is 5.16. The van der Waals surface area contributed by atoms with E-state index in [0.29, 0.717) is 20.8 Å². The molecule has 3 heterocycles. The third-order valence-corrected chi connectivity index (χ3v) is 3.84. The lowest BCUT2D eigenvalue weighted by molar-refractivity contribution is 1.05. The lowest BCUT2D eigenvalue weighted by atomic mass is 10.5. The fourth-order valence-electron chi connectivity index (χ4n) is 1.38. The Morgan fingerprint density at radius 1 is 1.17 bits per heavy atom. The number of fused-ring (bicyclic) bond motifs is 1. The molecule has 3 aromatic heterocycles. The van der Waals surface area contributed by atoms with Gasteiger partial charge >= 0.3 is 0 Å². The van der Waals surface area contributed by atoms with Crippen LogP contribution in [-0.4, -0.2) is 24.6 Å². The van der Waals surface area contributed by atoms with Gasteiger partial charge in [0.15, 0.2) is 5.65 Å². The largest absolute Gasteiger partial charge is 0.288 e. The molecule has 8 heteroatoms. The van der Waals surface area contributed by atoms with Gasteiger partial charge in [-0.15, -0.1) is 10.2 Å². The Labute approximate surface area is 116 Å². The molecule has 0 bridgehead atoms. The molecule has 0 amide bonds. The number of halogens is 2. The molecule has 0 unspecified atom stereocenters. The topological polar surface area (TPSA) is 56.0 Å². The maximum Gasteiger partial charge on any atom is 0.180 e. The maximum absolute atomic E-state index is 6.25. The van der Waals surface area contributed by atoms with Crippen LogP contribution in [0.4, 0.5) is 0 Å². The molecule has 0 saturated heterocycles. The van der Waals surface area contributed by atoms with Gasteiger partial charge in [0.25, 0.3) is 0 Å². The van der Waals surface area contributed by atoms with Crippen molar-refractivity contribution in [2.24, 2.45) is 0 Å². The summed E-state index contributed by atoms with van der Waals surface area (Å²) in [7, 11) is 0. The monoisotopic (exact) mass is 297 g/mol. The van der Waals surface area contributed by atoms with Gasteiger partial charge in [0.05, 0.1) is 17.4 Å². The number of aromatic nitrogens is 5. The first-order valence-corrected chi connectivity index (χ1v) is 6.44. The maximum atomic E-state index is 6.25. The SMILES string of the molecule is Clc1cnc(Sc2ccn3cnnc3c2Cl)cn1. The summed E-state index contributed by atoms with van der Waals surface area (Å²) in [6.07, 6.45) is 6.52. The van der Waals surface area contributed by atoms with E-state index in [1.807, 2.05) is 12.3 Å². The van der Waals surface area contributed by atoms with E-state index >= 15 is 0 Å². The summed E-state index contributed by atoms with van der Waals surface area (Å²) >= 11 is 13.3. The molecule has 0 atom stereocenters. The van der Waals surface area contributed by atoms with Crippen LogP contribution < -0.4 is 0 Å². The van der Waals surface area contributed by atoms with E-state index in [2.05, 4.69) is 20.2 Å². The van der Waals surface area contributed by atoms with E-state index in [-0.39, 0.29) is 0 Å². The van der Waals surface area contributed by atoms with Crippen LogP contribution >= 0.6 is 35.0 Å². The molecule has 0 aliphatic carbocycles. The Morgan fingerprint density at radius 3 is 2.83 bits per heavy atom. The van der Waals surface area contributed by atoms with E-state index in [1.54, 1.807) is 16.9 Å². The second-order valence-electron chi connectivity index (χ2n) is 3.34. The van der Waals surface area contributed by atoms with E-state index in [9.17, 15) is 0 Å². The van der Waals surface area contributed by atoms with Crippen LogP contribution in [0.5, 0.6) is 0 Å². The van der Waals surface area contributed by atoms with Crippen LogP contribution in [0.25, 0.3) is 5.65 Å². The Hall–Kier alpha value is -1.37. The highest BCUT2D eigenvalue weighted by molar-refractivity contribution is 7.99. The van der Waals surface area contributed by atoms with Crippen LogP contribution in [0.1, 0.15) is 0 Å². The van der Waals surface area contributed by atoms with Gasteiger partial charge < -0.3 is 0 Å². The molecule has 18 heavy (non-hydrogen) atoms. The first kappa shape index (κ1) is 11.7. The van der Waals surface area contributed by atoms with Crippen molar-refractivity contribution in [1.82, 2.24) is 24.6 Å². The summed E-state index contributed by atoms with van der Waals surface area (Å²) in [4.78, 5) is 8.95. The summed E-state index contributed by atoms with van der Waals surface area (Å²) in [5.74, 6) is 0. The molecular weight excluding hydrogens is 293 g/mol. The van der Waals surface area contributed by atoms with Crippen LogP contribution in [0.15, 0.2) is 40.9 Å². The minimum Gasteiger partial charge on any atom is -0.288 e. The van der Waals surface area contributed by atoms with Crippen molar-refractivity contribution in [2.45, 2.75) is 9.92 Å². The summed E-state index contributed by atoms with van der Waals surface area (Å²) in [5, 5.41) is 9.35. The number of hydrogen-bond acceptors (Lipinski definition) is 5. The van der Waals surface area contributed by atoms with E-state index in [4.69, 9.17) is 23.2 Å². The molecule has 90 valence electrons. The number of hydrogen-bond donors (Lipinski definition) is 0. The van der Waals surface area contributed by atoms with Gasteiger partial charge in [-0.2, -0.15) is 0 Å². The van der Waals surface area contributed by atoms with Gasteiger partial charge in [0.1, 0.15) is 16.5 Å². The molecule has 5 nitrogen and oxygen atoms in total. The Kier molecular flexibility index (Phi) is 3.07. The molecule has 0 N–H and O–H groups in total. The van der Waals surface area contributed by atoms with Gasteiger partial charge in [-0.3, -0.25) is 4.40 Å². The highest BCUT2D eigenvalue weighted by Gasteiger charge is 2.09. The van der Waals surface area contributed by atoms with Gasteiger partial charge in [-0.1, -0.05) is 35.0 Å². The fourth-order valence-corrected chi connectivity index (χ4v) is 2.54. The first-order valence-electron chi connectivity index (χ1n) is 4.87. The van der Waals surface area contributed by atoms with Crippen LogP contribution in [0.2, 0.25) is 10.2 Å². The van der Waals surface area contributed by atoms with Crippen molar-refractivity contribution in [2.75, 3.05) is 0 Å². The van der Waals surface area contributed by atoms with Crippen molar-refractivity contribution in [3.8, 4) is 0 Å². The molecular formula is C10H5Cl2N5S. The quantitative estimate of drug-likeness (QED) is 0.728. The highest BCUT2D eigenvalue weighted by Crippen LogP contribution is 2.33. The summed E-state index contributed by atoms with van der Waals surface area (Å²) in [6.45, 7) is 0. The van der Waals surface area contributed by atoms with Crippen molar-refractivity contribution in [3.63, 3.8) is 0 Å². The molecule has 0 aliphatic heterocycles. The zero-order valence-corrected chi connectivity index (χ0v) is 11.1. The molecule has 3 aromatic rings. The molecule has 0 saturated carbocycles. The van der Waals surface area contributed by atoms with Crippen molar-refractivity contribution >= 4 is 40.6 Å². The third kappa shape index (κ3) is 2.14. The highest BCUT2D eigenvalue weighted by atomic mass is 35.5. The van der Waals surface area contributed by atoms with Gasteiger partial charge in [0, 0.05) is 11.1 Å². The van der Waals surface area contributed by atoms with Crippen LogP contribution in [0, 0.1) is 0 Å². The molecule has 0 spiro atoms. The van der Waals surface area contributed by atoms with Gasteiger partial charge in [0.2, 0.25) is 0 Å². The zero-order valence-electron chi connectivity index (χ0n) is 8.79. The van der Waals surface area contributed by atoms with Crippen molar-refractivity contribution in [1.29, 1.82) is 0 Å². The van der Waals surface area contributed by atoms with Gasteiger partial charge in [-0.25, -0.2) is 9.97 Å². The lowest BCUT2D eigenvalue weighted by Gasteiger charge is -2.03. The molecule has 0 fully saturated rings. The average molecular weight is 298 g/mol. The Bertz CT molecular complexity index is 697. The lowest BCUT2D eigenvalue weighted by Crippen LogP contribution is -1.87. The summed E-state index contributed by atoms with van der Waals surface area (Å²) in [6, 6.07) is 1.87. The Balaban J connectivity index is 1.99. The predicted molar refractivity (Wildman–Crippen MR) is 69.2 cm³/mol. The van der Waals surface area contributed by atoms with E-state index in [1.165, 1.54) is 18.0 Å². The molecule has 0 radical (unpaired) electrons. The van der Waals surface area contributed by atoms with E-state index in [0.717, 1.165) is 4.90 Å². The van der Waals surface area contributed by atoms with Crippen LogP contribution in [0.3, 0.4) is 0 Å². The van der Waals surface area contributed by atoms with Crippen molar-refractivity contribution in [3.05, 3.63) is 41.2 Å². The molecule has 0 aromatic carbocycles. The Morgan fingerprint density at radius 2 is 2.06 bits per heavy atom. The normalized spacial score (nSPS) is 11.0. The average Bonchev–Trinajstić information content (AvgIpc) is 2.84. The summed E-state index contributed by atoms with van der Waals surface area (Å²) < 4.78 is 1.75. The molecule has 3 rings (SSSR count). The molecule has 0 aliphatic rings. The van der Waals surface area contributed by atoms with Crippen LogP contribution in [-0.2, 0) is 0 Å². The van der Waals surface area contributed by atoms with Crippen molar-refractivity contribution < 1.29 is 0 Å². The number of pyridine rings is 1. The van der Waals surface area contributed by atoms with Gasteiger partial charge in [-0.05, 0) is 6.07 Å². The van der Waals surface area contributed by atoms with E-state index < -0.39 is 0 Å². The second kappa shape index (κ2) is 4.72. The number of rotatable bonds is 2. The third-order valence-electron chi connectivity index (χ3n) is 2.18. The minimum absolute atomic E-state index is 0.360. The minimum atomic E-state index is 0.360.